The molecule has 0 spiro atoms. The van der Waals surface area contributed by atoms with Crippen LogP contribution in [0.4, 0.5) is 5.82 Å². The van der Waals surface area contributed by atoms with Crippen LogP contribution in [0.2, 0.25) is 0 Å². The molecule has 1 unspecified atom stereocenters. The predicted octanol–water partition coefficient (Wildman–Crippen LogP) is 1.17. The van der Waals surface area contributed by atoms with E-state index in [9.17, 15) is 0 Å². The molecule has 1 heterocycles. The van der Waals surface area contributed by atoms with Crippen molar-refractivity contribution in [2.75, 3.05) is 19.0 Å². The van der Waals surface area contributed by atoms with Crippen LogP contribution in [-0.2, 0) is 0 Å². The normalized spacial score (nSPS) is 12.7. The van der Waals surface area contributed by atoms with Crippen LogP contribution in [0, 0.1) is 0 Å². The summed E-state index contributed by atoms with van der Waals surface area (Å²) in [5.74, 6) is 0.951. The predicted molar refractivity (Wildman–Crippen MR) is 51.2 cm³/mol. The van der Waals surface area contributed by atoms with Crippen molar-refractivity contribution in [3.63, 3.8) is 0 Å². The van der Waals surface area contributed by atoms with Crippen molar-refractivity contribution in [3.05, 3.63) is 23.9 Å². The van der Waals surface area contributed by atoms with Gasteiger partial charge in [-0.1, -0.05) is 6.07 Å². The molecular weight excluding hydrogens is 150 g/mol. The first-order chi connectivity index (χ1) is 5.63. The lowest BCUT2D eigenvalue weighted by Gasteiger charge is -2.17. The fourth-order valence-electron chi connectivity index (χ4n) is 1.14. The Hall–Kier alpha value is -1.09. The molecule has 0 saturated heterocycles. The van der Waals surface area contributed by atoms with E-state index >= 15 is 0 Å². The molecule has 0 bridgehead atoms. The Kier molecular flexibility index (Phi) is 2.65. The number of pyridine rings is 1. The molecule has 0 aliphatic rings. The van der Waals surface area contributed by atoms with Gasteiger partial charge in [-0.05, 0) is 13.0 Å². The zero-order valence-corrected chi connectivity index (χ0v) is 7.78. The van der Waals surface area contributed by atoms with Crippen LogP contribution in [0.3, 0.4) is 0 Å². The number of aromatic nitrogens is 1. The number of nitrogens with two attached hydrogens (primary N) is 1. The van der Waals surface area contributed by atoms with Crippen molar-refractivity contribution in [1.82, 2.24) is 4.98 Å². The third-order valence-corrected chi connectivity index (χ3v) is 1.73. The van der Waals surface area contributed by atoms with Gasteiger partial charge in [-0.25, -0.2) is 4.98 Å². The van der Waals surface area contributed by atoms with Crippen molar-refractivity contribution in [3.8, 4) is 0 Å². The largest absolute Gasteiger partial charge is 0.362 e. The highest BCUT2D eigenvalue weighted by Crippen LogP contribution is 2.19. The topological polar surface area (TPSA) is 42.1 Å². The van der Waals surface area contributed by atoms with E-state index in [1.807, 2.05) is 38.1 Å². The van der Waals surface area contributed by atoms with Gasteiger partial charge in [0.05, 0.1) is 0 Å². The Morgan fingerprint density at radius 3 is 2.58 bits per heavy atom. The highest BCUT2D eigenvalue weighted by Gasteiger charge is 2.07. The number of nitrogens with zero attached hydrogens (tertiary/aromatic N) is 2. The van der Waals surface area contributed by atoms with Gasteiger partial charge in [-0.15, -0.1) is 0 Å². The number of rotatable bonds is 2. The van der Waals surface area contributed by atoms with Crippen LogP contribution in [0.5, 0.6) is 0 Å². The molecule has 12 heavy (non-hydrogen) atoms. The van der Waals surface area contributed by atoms with Crippen LogP contribution >= 0.6 is 0 Å². The standard InChI is InChI=1S/C9H15N3/c1-7(10)8-5-4-6-11-9(8)12(2)3/h4-7H,10H2,1-3H3. The van der Waals surface area contributed by atoms with Crippen molar-refractivity contribution < 1.29 is 0 Å². The molecule has 0 amide bonds. The summed E-state index contributed by atoms with van der Waals surface area (Å²) >= 11 is 0. The smallest absolute Gasteiger partial charge is 0.132 e. The number of hydrogen-bond donors (Lipinski definition) is 1. The molecule has 1 rings (SSSR count). The van der Waals surface area contributed by atoms with Gasteiger partial charge in [-0.3, -0.25) is 0 Å². The summed E-state index contributed by atoms with van der Waals surface area (Å²) in [5, 5.41) is 0. The molecule has 66 valence electrons. The summed E-state index contributed by atoms with van der Waals surface area (Å²) in [4.78, 5) is 6.22. The van der Waals surface area contributed by atoms with Gasteiger partial charge in [0, 0.05) is 31.9 Å². The van der Waals surface area contributed by atoms with E-state index in [0.29, 0.717) is 0 Å². The Bertz CT molecular complexity index is 229. The van der Waals surface area contributed by atoms with Gasteiger partial charge in [0.2, 0.25) is 0 Å². The van der Waals surface area contributed by atoms with E-state index < -0.39 is 0 Å². The summed E-state index contributed by atoms with van der Waals surface area (Å²) in [5.41, 5.74) is 6.87. The quantitative estimate of drug-likeness (QED) is 0.715. The maximum atomic E-state index is 5.79. The molecule has 0 fully saturated rings. The average Bonchev–Trinajstić information content (AvgIpc) is 2.04. The SMILES string of the molecule is CC(N)c1cccnc1N(C)C. The molecule has 0 saturated carbocycles. The van der Waals surface area contributed by atoms with Crippen LogP contribution in [0.1, 0.15) is 18.5 Å². The lowest BCUT2D eigenvalue weighted by molar-refractivity contribution is 0.804. The van der Waals surface area contributed by atoms with Crippen LogP contribution in [0.15, 0.2) is 18.3 Å². The van der Waals surface area contributed by atoms with Gasteiger partial charge in [0.1, 0.15) is 5.82 Å². The summed E-state index contributed by atoms with van der Waals surface area (Å²) in [6.07, 6.45) is 1.78. The Morgan fingerprint density at radius 1 is 1.50 bits per heavy atom. The molecule has 1 atom stereocenters. The molecule has 0 aliphatic carbocycles. The lowest BCUT2D eigenvalue weighted by atomic mass is 10.1. The van der Waals surface area contributed by atoms with Crippen molar-refractivity contribution in [2.45, 2.75) is 13.0 Å². The van der Waals surface area contributed by atoms with Crippen molar-refractivity contribution in [1.29, 1.82) is 0 Å². The number of hydrogen-bond acceptors (Lipinski definition) is 3. The summed E-state index contributed by atoms with van der Waals surface area (Å²) in [7, 11) is 3.93. The molecule has 3 nitrogen and oxygen atoms in total. The molecular formula is C9H15N3. The summed E-state index contributed by atoms with van der Waals surface area (Å²) < 4.78 is 0. The van der Waals surface area contributed by atoms with E-state index in [0.717, 1.165) is 11.4 Å². The average molecular weight is 165 g/mol. The maximum Gasteiger partial charge on any atom is 0.132 e. The first kappa shape index (κ1) is 9.00. The van der Waals surface area contributed by atoms with Gasteiger partial charge in [0.15, 0.2) is 0 Å². The van der Waals surface area contributed by atoms with Crippen molar-refractivity contribution >= 4 is 5.82 Å². The highest BCUT2D eigenvalue weighted by atomic mass is 15.1. The van der Waals surface area contributed by atoms with Crippen molar-refractivity contribution in [2.24, 2.45) is 5.73 Å². The molecule has 1 aromatic heterocycles. The Morgan fingerprint density at radius 2 is 2.17 bits per heavy atom. The van der Waals surface area contributed by atoms with Crippen LogP contribution in [0.25, 0.3) is 0 Å². The van der Waals surface area contributed by atoms with Gasteiger partial charge in [-0.2, -0.15) is 0 Å². The molecule has 3 heteroatoms. The second-order valence-electron chi connectivity index (χ2n) is 3.10. The number of anilines is 1. The molecule has 0 aliphatic heterocycles. The minimum absolute atomic E-state index is 0.0381. The monoisotopic (exact) mass is 165 g/mol. The Balaban J connectivity index is 3.09. The highest BCUT2D eigenvalue weighted by molar-refractivity contribution is 5.46. The van der Waals surface area contributed by atoms with Gasteiger partial charge >= 0.3 is 0 Å². The first-order valence-corrected chi connectivity index (χ1v) is 4.00. The third kappa shape index (κ3) is 1.74. The van der Waals surface area contributed by atoms with Crippen LogP contribution in [-0.4, -0.2) is 19.1 Å². The second kappa shape index (κ2) is 3.54. The van der Waals surface area contributed by atoms with Gasteiger partial charge < -0.3 is 10.6 Å². The summed E-state index contributed by atoms with van der Waals surface area (Å²) in [6, 6.07) is 3.95. The third-order valence-electron chi connectivity index (χ3n) is 1.73. The molecule has 0 aromatic carbocycles. The fourth-order valence-corrected chi connectivity index (χ4v) is 1.14. The lowest BCUT2D eigenvalue weighted by Crippen LogP contribution is -2.16. The van der Waals surface area contributed by atoms with E-state index in [1.165, 1.54) is 0 Å². The molecule has 0 radical (unpaired) electrons. The molecule has 2 N–H and O–H groups in total. The second-order valence-corrected chi connectivity index (χ2v) is 3.10. The van der Waals surface area contributed by atoms with Crippen LogP contribution < -0.4 is 10.6 Å². The minimum Gasteiger partial charge on any atom is -0.362 e. The van der Waals surface area contributed by atoms with E-state index in [2.05, 4.69) is 4.98 Å². The Labute approximate surface area is 73.2 Å². The van der Waals surface area contributed by atoms with E-state index in [-0.39, 0.29) is 6.04 Å². The summed E-state index contributed by atoms with van der Waals surface area (Å²) in [6.45, 7) is 1.96. The zero-order valence-electron chi connectivity index (χ0n) is 7.78. The molecule has 1 aromatic rings. The van der Waals surface area contributed by atoms with E-state index in [4.69, 9.17) is 5.73 Å². The first-order valence-electron chi connectivity index (χ1n) is 4.00. The fraction of sp³-hybridized carbons (Fsp3) is 0.444. The minimum atomic E-state index is 0.0381. The van der Waals surface area contributed by atoms with E-state index in [1.54, 1.807) is 6.20 Å². The van der Waals surface area contributed by atoms with Gasteiger partial charge in [0.25, 0.3) is 0 Å². The zero-order chi connectivity index (χ0) is 9.14. The maximum absolute atomic E-state index is 5.79.